The Morgan fingerprint density at radius 3 is 2.39 bits per heavy atom. The van der Waals surface area contributed by atoms with Crippen molar-refractivity contribution in [1.82, 2.24) is 0 Å². The fourth-order valence-electron chi connectivity index (χ4n) is 4.64. The number of benzene rings is 2. The number of hydrogen-bond acceptors (Lipinski definition) is 2. The monoisotopic (exact) mass is 386 g/mol. The van der Waals surface area contributed by atoms with Gasteiger partial charge >= 0.3 is 0 Å². The van der Waals surface area contributed by atoms with E-state index < -0.39 is 5.82 Å². The zero-order valence-electron chi connectivity index (χ0n) is 16.7. The van der Waals surface area contributed by atoms with Crippen molar-refractivity contribution in [3.8, 4) is 5.75 Å². The molecule has 28 heavy (non-hydrogen) atoms. The van der Waals surface area contributed by atoms with E-state index in [-0.39, 0.29) is 22.7 Å². The fourth-order valence-corrected chi connectivity index (χ4v) is 4.64. The van der Waals surface area contributed by atoms with Gasteiger partial charge in [-0.2, -0.15) is 4.39 Å². The van der Waals surface area contributed by atoms with Crippen LogP contribution in [0, 0.1) is 23.5 Å². The fraction of sp³-hybridized carbons (Fsp3) is 0.500. The van der Waals surface area contributed by atoms with E-state index in [2.05, 4.69) is 6.92 Å². The van der Waals surface area contributed by atoms with Gasteiger partial charge in [-0.15, -0.1) is 0 Å². The Labute approximate surface area is 164 Å². The topological polar surface area (TPSA) is 22.4 Å². The largest absolute Gasteiger partial charge is 0.490 e. The van der Waals surface area contributed by atoms with Gasteiger partial charge in [0.15, 0.2) is 22.7 Å². The third kappa shape index (κ3) is 3.49. The van der Waals surface area contributed by atoms with E-state index in [1.807, 2.05) is 13.0 Å². The first-order chi connectivity index (χ1) is 13.6. The molecule has 1 aromatic heterocycles. The summed E-state index contributed by atoms with van der Waals surface area (Å²) >= 11 is 0. The van der Waals surface area contributed by atoms with E-state index >= 15 is 4.39 Å². The summed E-state index contributed by atoms with van der Waals surface area (Å²) in [4.78, 5) is 0. The molecule has 0 N–H and O–H groups in total. The molecule has 2 aromatic carbocycles. The van der Waals surface area contributed by atoms with Gasteiger partial charge in [0.25, 0.3) is 0 Å². The molecule has 4 heteroatoms. The van der Waals surface area contributed by atoms with Gasteiger partial charge in [0.05, 0.1) is 6.61 Å². The van der Waals surface area contributed by atoms with Crippen molar-refractivity contribution >= 4 is 21.9 Å². The summed E-state index contributed by atoms with van der Waals surface area (Å²) in [5.41, 5.74) is 0.819. The maximum Gasteiger partial charge on any atom is 0.208 e. The number of aryl methyl sites for hydroxylation is 1. The predicted molar refractivity (Wildman–Crippen MR) is 109 cm³/mol. The Bertz CT molecular complexity index is 976. The maximum atomic E-state index is 15.0. The lowest BCUT2D eigenvalue weighted by atomic mass is 10.0. The highest BCUT2D eigenvalue weighted by Crippen LogP contribution is 2.38. The molecular weight excluding hydrogens is 358 g/mol. The molecule has 0 spiro atoms. The van der Waals surface area contributed by atoms with Crippen LogP contribution in [0.15, 0.2) is 28.7 Å². The van der Waals surface area contributed by atoms with Gasteiger partial charge in [0.2, 0.25) is 5.82 Å². The molecule has 1 aliphatic carbocycles. The minimum Gasteiger partial charge on any atom is -0.490 e. The van der Waals surface area contributed by atoms with Crippen LogP contribution in [0.3, 0.4) is 0 Å². The molecule has 0 aliphatic heterocycles. The van der Waals surface area contributed by atoms with Crippen LogP contribution in [-0.4, -0.2) is 6.61 Å². The molecule has 2 unspecified atom stereocenters. The second-order valence-electron chi connectivity index (χ2n) is 8.17. The van der Waals surface area contributed by atoms with Crippen LogP contribution in [0.4, 0.5) is 8.78 Å². The van der Waals surface area contributed by atoms with Crippen molar-refractivity contribution in [2.45, 2.75) is 58.8 Å². The van der Waals surface area contributed by atoms with Gasteiger partial charge in [-0.25, -0.2) is 4.39 Å². The molecule has 150 valence electrons. The van der Waals surface area contributed by atoms with E-state index in [0.29, 0.717) is 35.3 Å². The number of halogens is 2. The second kappa shape index (κ2) is 8.10. The van der Waals surface area contributed by atoms with Gasteiger partial charge in [0.1, 0.15) is 0 Å². The standard InChI is InChI=1S/C24H28F2O2/c1-3-5-15-7-8-16(13-15)14-27-20-12-11-19-18-10-9-17(6-4-2)21(25)23(18)28-24(19)22(20)26/h9-12,15-16H,3-8,13-14H2,1-2H3. The lowest BCUT2D eigenvalue weighted by Gasteiger charge is -2.13. The van der Waals surface area contributed by atoms with Crippen LogP contribution in [0.5, 0.6) is 5.75 Å². The van der Waals surface area contributed by atoms with Gasteiger partial charge < -0.3 is 9.15 Å². The molecule has 0 saturated heterocycles. The van der Waals surface area contributed by atoms with Crippen LogP contribution in [0.2, 0.25) is 0 Å². The molecule has 1 aliphatic rings. The van der Waals surface area contributed by atoms with Crippen LogP contribution in [-0.2, 0) is 6.42 Å². The Morgan fingerprint density at radius 1 is 0.929 bits per heavy atom. The van der Waals surface area contributed by atoms with Crippen LogP contribution in [0.25, 0.3) is 21.9 Å². The lowest BCUT2D eigenvalue weighted by molar-refractivity contribution is 0.238. The van der Waals surface area contributed by atoms with Crippen molar-refractivity contribution < 1.29 is 17.9 Å². The van der Waals surface area contributed by atoms with Crippen LogP contribution in [0.1, 0.15) is 57.9 Å². The number of fused-ring (bicyclic) bond motifs is 3. The van der Waals surface area contributed by atoms with Crippen molar-refractivity contribution in [1.29, 1.82) is 0 Å². The molecule has 3 aromatic rings. The Kier molecular flexibility index (Phi) is 5.56. The van der Waals surface area contributed by atoms with E-state index in [1.165, 1.54) is 19.3 Å². The number of hydrogen-bond donors (Lipinski definition) is 0. The first-order valence-electron chi connectivity index (χ1n) is 10.6. The van der Waals surface area contributed by atoms with Crippen molar-refractivity contribution in [3.63, 3.8) is 0 Å². The minimum absolute atomic E-state index is 0.0790. The van der Waals surface area contributed by atoms with Crippen molar-refractivity contribution in [2.75, 3.05) is 6.61 Å². The SMILES string of the molecule is CCCc1ccc2c(oc3c(F)c(OCC4CCC(CCC)C4)ccc32)c1F. The second-order valence-corrected chi connectivity index (χ2v) is 8.17. The third-order valence-corrected chi connectivity index (χ3v) is 6.07. The highest BCUT2D eigenvalue weighted by Gasteiger charge is 2.25. The first kappa shape index (κ1) is 19.2. The molecule has 1 saturated carbocycles. The molecule has 4 rings (SSSR count). The molecule has 0 bridgehead atoms. The summed E-state index contributed by atoms with van der Waals surface area (Å²) in [7, 11) is 0. The highest BCUT2D eigenvalue weighted by molar-refractivity contribution is 6.05. The summed E-state index contributed by atoms with van der Waals surface area (Å²) in [5.74, 6) is 0.538. The minimum atomic E-state index is -0.534. The first-order valence-corrected chi connectivity index (χ1v) is 10.6. The Balaban J connectivity index is 1.58. The summed E-state index contributed by atoms with van der Waals surface area (Å²) < 4.78 is 41.2. The lowest BCUT2D eigenvalue weighted by Crippen LogP contribution is -2.10. The Morgan fingerprint density at radius 2 is 1.64 bits per heavy atom. The molecule has 1 fully saturated rings. The van der Waals surface area contributed by atoms with E-state index in [0.717, 1.165) is 25.2 Å². The molecule has 2 nitrogen and oxygen atoms in total. The molecule has 2 atom stereocenters. The average molecular weight is 386 g/mol. The normalized spacial score (nSPS) is 19.7. The number of rotatable bonds is 7. The van der Waals surface area contributed by atoms with Crippen LogP contribution < -0.4 is 4.74 Å². The smallest absolute Gasteiger partial charge is 0.208 e. The average Bonchev–Trinajstić information content (AvgIpc) is 3.29. The van der Waals surface area contributed by atoms with Gasteiger partial charge in [-0.05, 0) is 54.9 Å². The summed E-state index contributed by atoms with van der Waals surface area (Å²) in [6.07, 6.45) is 7.50. The summed E-state index contributed by atoms with van der Waals surface area (Å²) in [5, 5.41) is 1.20. The Hall–Kier alpha value is -2.10. The summed E-state index contributed by atoms with van der Waals surface area (Å²) in [6, 6.07) is 7.00. The number of ether oxygens (including phenoxy) is 1. The van der Waals surface area contributed by atoms with Gasteiger partial charge in [-0.3, -0.25) is 0 Å². The zero-order chi connectivity index (χ0) is 19.7. The van der Waals surface area contributed by atoms with E-state index in [4.69, 9.17) is 9.15 Å². The molecule has 0 radical (unpaired) electrons. The third-order valence-electron chi connectivity index (χ3n) is 6.07. The number of furan rings is 1. The quantitative estimate of drug-likeness (QED) is 0.422. The summed E-state index contributed by atoms with van der Waals surface area (Å²) in [6.45, 7) is 4.74. The van der Waals surface area contributed by atoms with Crippen LogP contribution >= 0.6 is 0 Å². The van der Waals surface area contributed by atoms with E-state index in [9.17, 15) is 4.39 Å². The molecular formula is C24H28F2O2. The predicted octanol–water partition coefficient (Wildman–Crippen LogP) is 7.41. The maximum absolute atomic E-state index is 15.0. The highest BCUT2D eigenvalue weighted by atomic mass is 19.1. The molecule has 1 heterocycles. The van der Waals surface area contributed by atoms with E-state index in [1.54, 1.807) is 18.2 Å². The van der Waals surface area contributed by atoms with Gasteiger partial charge in [-0.1, -0.05) is 45.6 Å². The van der Waals surface area contributed by atoms with Gasteiger partial charge in [0, 0.05) is 10.8 Å². The van der Waals surface area contributed by atoms with Crippen molar-refractivity contribution in [2.24, 2.45) is 11.8 Å². The zero-order valence-corrected chi connectivity index (χ0v) is 16.7. The molecule has 0 amide bonds. The van der Waals surface area contributed by atoms with Crippen molar-refractivity contribution in [3.05, 3.63) is 41.5 Å².